The summed E-state index contributed by atoms with van der Waals surface area (Å²) >= 11 is 11.7. The number of hydrogen-bond donors (Lipinski definition) is 0. The van der Waals surface area contributed by atoms with E-state index in [9.17, 15) is 0 Å². The van der Waals surface area contributed by atoms with Crippen LogP contribution in [-0.2, 0) is 5.75 Å². The van der Waals surface area contributed by atoms with Gasteiger partial charge in [-0.15, -0.1) is 0 Å². The van der Waals surface area contributed by atoms with Gasteiger partial charge in [-0.2, -0.15) is 0 Å². The van der Waals surface area contributed by atoms with Crippen LogP contribution in [0, 0.1) is 0 Å². The molecular weight excluding hydrogens is 223 g/mol. The third-order valence-electron chi connectivity index (χ3n) is 1.26. The van der Waals surface area contributed by atoms with Crippen LogP contribution in [0.15, 0.2) is 18.2 Å². The van der Waals surface area contributed by atoms with E-state index in [-0.39, 0.29) is 0 Å². The Morgan fingerprint density at radius 1 is 1.18 bits per heavy atom. The molecule has 11 heavy (non-hydrogen) atoms. The first kappa shape index (κ1) is 9.53. The van der Waals surface area contributed by atoms with Gasteiger partial charge < -0.3 is 0 Å². The molecule has 0 saturated carbocycles. The minimum atomic E-state index is 0.639. The molecule has 60 valence electrons. The average Bonchev–Trinajstić information content (AvgIpc) is 1.97. The highest BCUT2D eigenvalue weighted by Gasteiger charge is 2.03. The van der Waals surface area contributed by atoms with Gasteiger partial charge in [0.05, 0.1) is 0 Å². The van der Waals surface area contributed by atoms with Crippen LogP contribution in [0.3, 0.4) is 0 Å². The largest absolute Gasteiger partial charge is 0.0840 e. The Balaban J connectivity index is 3.00. The molecule has 1 rings (SSSR count). The third kappa shape index (κ3) is 2.45. The highest BCUT2D eigenvalue weighted by Crippen LogP contribution is 2.29. The molecule has 1 aromatic carbocycles. The Kier molecular flexibility index (Phi) is 3.86. The van der Waals surface area contributed by atoms with E-state index >= 15 is 0 Å². The molecule has 0 radical (unpaired) electrons. The summed E-state index contributed by atoms with van der Waals surface area (Å²) in [6.07, 6.45) is 0. The summed E-state index contributed by atoms with van der Waals surface area (Å²) in [4.78, 5) is 0. The van der Waals surface area contributed by atoms with Crippen molar-refractivity contribution in [1.82, 2.24) is 0 Å². The van der Waals surface area contributed by atoms with E-state index in [2.05, 4.69) is 0 Å². The van der Waals surface area contributed by atoms with Crippen molar-refractivity contribution in [3.8, 4) is 0 Å². The van der Waals surface area contributed by atoms with Crippen LogP contribution in [0.25, 0.3) is 0 Å². The fourth-order valence-corrected chi connectivity index (χ4v) is 2.16. The molecule has 0 amide bonds. The van der Waals surface area contributed by atoms with Crippen molar-refractivity contribution in [2.75, 3.05) is 0 Å². The van der Waals surface area contributed by atoms with Crippen molar-refractivity contribution in [3.05, 3.63) is 33.8 Å². The van der Waals surface area contributed by atoms with Crippen LogP contribution in [0.1, 0.15) is 5.56 Å². The van der Waals surface area contributed by atoms with Gasteiger partial charge >= 0.3 is 0 Å². The Morgan fingerprint density at radius 3 is 2.18 bits per heavy atom. The second-order valence-corrected chi connectivity index (χ2v) is 3.93. The standard InChI is InChI=1S/C7H5Cl3S/c8-6-2-1-3-7(9)5(6)4-11-10/h1-3H,4H2. The summed E-state index contributed by atoms with van der Waals surface area (Å²) in [6, 6.07) is 5.42. The maximum Gasteiger partial charge on any atom is 0.0461 e. The number of halogens is 3. The summed E-state index contributed by atoms with van der Waals surface area (Å²) in [7, 11) is 6.67. The highest BCUT2D eigenvalue weighted by molar-refractivity contribution is 8.20. The average molecular weight is 228 g/mol. The topological polar surface area (TPSA) is 0 Å². The molecule has 1 aromatic rings. The van der Waals surface area contributed by atoms with Crippen molar-refractivity contribution in [2.24, 2.45) is 0 Å². The van der Waals surface area contributed by atoms with Crippen LogP contribution < -0.4 is 0 Å². The summed E-state index contributed by atoms with van der Waals surface area (Å²) in [5.74, 6) is 0.639. The molecule has 0 aliphatic heterocycles. The predicted octanol–water partition coefficient (Wildman–Crippen LogP) is 4.38. The molecule has 0 heterocycles. The van der Waals surface area contributed by atoms with Gasteiger partial charge in [-0.25, -0.2) is 0 Å². The van der Waals surface area contributed by atoms with Gasteiger partial charge in [0.15, 0.2) is 0 Å². The number of benzene rings is 1. The zero-order valence-corrected chi connectivity index (χ0v) is 8.57. The molecule has 0 nitrogen and oxygen atoms in total. The fraction of sp³-hybridized carbons (Fsp3) is 0.143. The second-order valence-electron chi connectivity index (χ2n) is 1.95. The fourth-order valence-electron chi connectivity index (χ4n) is 0.725. The second kappa shape index (κ2) is 4.46. The Bertz CT molecular complexity index is 229. The normalized spacial score (nSPS) is 10.1. The van der Waals surface area contributed by atoms with Gasteiger partial charge in [0.25, 0.3) is 0 Å². The molecule has 0 atom stereocenters. The third-order valence-corrected chi connectivity index (χ3v) is 2.69. The van der Waals surface area contributed by atoms with Crippen molar-refractivity contribution in [3.63, 3.8) is 0 Å². The molecular formula is C7H5Cl3S. The van der Waals surface area contributed by atoms with E-state index < -0.39 is 0 Å². The number of rotatable bonds is 2. The molecule has 0 aliphatic rings. The molecule has 0 aromatic heterocycles. The van der Waals surface area contributed by atoms with E-state index in [4.69, 9.17) is 33.9 Å². The van der Waals surface area contributed by atoms with Crippen molar-refractivity contribution in [2.45, 2.75) is 5.75 Å². The maximum atomic E-state index is 5.85. The quantitative estimate of drug-likeness (QED) is 0.722. The van der Waals surface area contributed by atoms with E-state index in [0.29, 0.717) is 15.8 Å². The van der Waals surface area contributed by atoms with Gasteiger partial charge in [0, 0.05) is 21.4 Å². The Labute approximate surface area is 84.3 Å². The molecule has 0 fully saturated rings. The molecule has 0 aliphatic carbocycles. The lowest BCUT2D eigenvalue weighted by Crippen LogP contribution is -1.81. The van der Waals surface area contributed by atoms with Gasteiger partial charge in [-0.05, 0) is 22.8 Å². The summed E-state index contributed by atoms with van der Waals surface area (Å²) < 4.78 is 0. The van der Waals surface area contributed by atoms with E-state index in [1.807, 2.05) is 6.07 Å². The van der Waals surface area contributed by atoms with E-state index in [1.54, 1.807) is 12.1 Å². The first-order valence-corrected chi connectivity index (χ1v) is 5.49. The molecule has 0 bridgehead atoms. The van der Waals surface area contributed by atoms with Crippen molar-refractivity contribution in [1.29, 1.82) is 0 Å². The zero-order chi connectivity index (χ0) is 8.27. The molecule has 0 unspecified atom stereocenters. The van der Waals surface area contributed by atoms with Gasteiger partial charge in [-0.1, -0.05) is 40.2 Å². The predicted molar refractivity (Wildman–Crippen MR) is 53.6 cm³/mol. The lowest BCUT2D eigenvalue weighted by atomic mass is 10.2. The first-order chi connectivity index (χ1) is 5.25. The first-order valence-electron chi connectivity index (χ1n) is 2.92. The van der Waals surface area contributed by atoms with Crippen molar-refractivity contribution < 1.29 is 0 Å². The lowest BCUT2D eigenvalue weighted by molar-refractivity contribution is 1.42. The maximum absolute atomic E-state index is 5.85. The van der Waals surface area contributed by atoms with Crippen LogP contribution in [0.4, 0.5) is 0 Å². The highest BCUT2D eigenvalue weighted by atomic mass is 35.7. The number of hydrogen-bond acceptors (Lipinski definition) is 1. The minimum Gasteiger partial charge on any atom is -0.0840 e. The van der Waals surface area contributed by atoms with E-state index in [1.165, 1.54) is 11.0 Å². The summed E-state index contributed by atoms with van der Waals surface area (Å²) in [5, 5.41) is 1.34. The minimum absolute atomic E-state index is 0.639. The zero-order valence-electron chi connectivity index (χ0n) is 5.48. The Hall–Kier alpha value is 0.440. The van der Waals surface area contributed by atoms with Gasteiger partial charge in [0.2, 0.25) is 0 Å². The monoisotopic (exact) mass is 226 g/mol. The molecule has 0 saturated heterocycles. The van der Waals surface area contributed by atoms with Crippen LogP contribution in [0.2, 0.25) is 10.0 Å². The van der Waals surface area contributed by atoms with Crippen LogP contribution in [0.5, 0.6) is 0 Å². The molecule has 0 N–H and O–H groups in total. The summed E-state index contributed by atoms with van der Waals surface area (Å²) in [5.41, 5.74) is 0.899. The van der Waals surface area contributed by atoms with Gasteiger partial charge in [0.1, 0.15) is 0 Å². The van der Waals surface area contributed by atoms with E-state index in [0.717, 1.165) is 5.56 Å². The smallest absolute Gasteiger partial charge is 0.0461 e. The van der Waals surface area contributed by atoms with Crippen LogP contribution >= 0.6 is 44.9 Å². The van der Waals surface area contributed by atoms with Gasteiger partial charge in [-0.3, -0.25) is 0 Å². The van der Waals surface area contributed by atoms with Crippen LogP contribution in [-0.4, -0.2) is 0 Å². The lowest BCUT2D eigenvalue weighted by Gasteiger charge is -2.02. The molecule has 4 heteroatoms. The molecule has 0 spiro atoms. The van der Waals surface area contributed by atoms with Crippen molar-refractivity contribution >= 4 is 44.9 Å². The SMILES string of the molecule is ClSCc1c(Cl)cccc1Cl. The Morgan fingerprint density at radius 2 is 1.73 bits per heavy atom. The summed E-state index contributed by atoms with van der Waals surface area (Å²) in [6.45, 7) is 0.